The van der Waals surface area contributed by atoms with Gasteiger partial charge in [-0.05, 0) is 25.0 Å². The fraction of sp³-hybridized carbons (Fsp3) is 0.400. The third kappa shape index (κ3) is 4.37. The molecule has 0 aliphatic heterocycles. The summed E-state index contributed by atoms with van der Waals surface area (Å²) in [7, 11) is -3.48. The summed E-state index contributed by atoms with van der Waals surface area (Å²) in [6, 6.07) is 5.66. The largest absolute Gasteiger partial charge is 0.281 e. The highest BCUT2D eigenvalue weighted by molar-refractivity contribution is 7.92. The van der Waals surface area contributed by atoms with E-state index >= 15 is 0 Å². The Hall–Kier alpha value is -0.810. The van der Waals surface area contributed by atoms with Gasteiger partial charge in [0.25, 0.3) is 0 Å². The number of alkyl halides is 1. The number of rotatable bonds is 6. The van der Waals surface area contributed by atoms with Crippen LogP contribution in [0.25, 0.3) is 0 Å². The van der Waals surface area contributed by atoms with E-state index in [1.807, 2.05) is 0 Å². The van der Waals surface area contributed by atoms with Crippen LogP contribution in [0, 0.1) is 5.82 Å². The second-order valence-electron chi connectivity index (χ2n) is 3.30. The van der Waals surface area contributed by atoms with Crippen LogP contribution in [-0.2, 0) is 10.0 Å². The number of sulfonamides is 1. The number of benzene rings is 1. The first-order valence-corrected chi connectivity index (χ1v) is 7.05. The van der Waals surface area contributed by atoms with Crippen LogP contribution >= 0.6 is 11.6 Å². The second kappa shape index (κ2) is 6.06. The zero-order chi connectivity index (χ0) is 12.0. The smallest absolute Gasteiger partial charge is 0.232 e. The van der Waals surface area contributed by atoms with Crippen molar-refractivity contribution in [2.45, 2.75) is 12.8 Å². The van der Waals surface area contributed by atoms with Crippen molar-refractivity contribution in [1.29, 1.82) is 0 Å². The van der Waals surface area contributed by atoms with E-state index < -0.39 is 15.8 Å². The quantitative estimate of drug-likeness (QED) is 0.635. The highest BCUT2D eigenvalue weighted by Gasteiger charge is 2.11. The van der Waals surface area contributed by atoms with E-state index in [0.29, 0.717) is 18.7 Å². The summed E-state index contributed by atoms with van der Waals surface area (Å²) < 4.78 is 38.4. The zero-order valence-corrected chi connectivity index (χ0v) is 10.2. The highest BCUT2D eigenvalue weighted by Crippen LogP contribution is 2.14. The summed E-state index contributed by atoms with van der Waals surface area (Å²) in [6.07, 6.45) is 1.09. The number of anilines is 1. The van der Waals surface area contributed by atoms with Crippen molar-refractivity contribution in [2.24, 2.45) is 0 Å². The summed E-state index contributed by atoms with van der Waals surface area (Å²) in [5, 5.41) is 0. The van der Waals surface area contributed by atoms with Gasteiger partial charge >= 0.3 is 0 Å². The minimum Gasteiger partial charge on any atom is -0.281 e. The van der Waals surface area contributed by atoms with Crippen LogP contribution in [0.4, 0.5) is 10.1 Å². The van der Waals surface area contributed by atoms with Gasteiger partial charge in [-0.15, -0.1) is 11.6 Å². The monoisotopic (exact) mass is 265 g/mol. The number of hydrogen-bond donors (Lipinski definition) is 1. The average Bonchev–Trinajstić information content (AvgIpc) is 2.21. The van der Waals surface area contributed by atoms with Crippen LogP contribution in [-0.4, -0.2) is 20.1 Å². The molecule has 3 nitrogen and oxygen atoms in total. The van der Waals surface area contributed by atoms with Gasteiger partial charge in [0.05, 0.1) is 11.4 Å². The van der Waals surface area contributed by atoms with E-state index in [0.717, 1.165) is 0 Å². The van der Waals surface area contributed by atoms with Crippen LogP contribution in [0.1, 0.15) is 12.8 Å². The fourth-order valence-corrected chi connectivity index (χ4v) is 2.52. The normalized spacial score (nSPS) is 11.4. The van der Waals surface area contributed by atoms with Gasteiger partial charge in [-0.3, -0.25) is 4.72 Å². The zero-order valence-electron chi connectivity index (χ0n) is 8.62. The van der Waals surface area contributed by atoms with E-state index in [9.17, 15) is 12.8 Å². The number of halogens is 2. The van der Waals surface area contributed by atoms with E-state index in [2.05, 4.69) is 4.72 Å². The Morgan fingerprint density at radius 2 is 1.94 bits per heavy atom. The van der Waals surface area contributed by atoms with Gasteiger partial charge in [0.15, 0.2) is 0 Å². The van der Waals surface area contributed by atoms with Crippen LogP contribution < -0.4 is 4.72 Å². The van der Waals surface area contributed by atoms with Crippen molar-refractivity contribution in [1.82, 2.24) is 0 Å². The minimum atomic E-state index is -3.48. The maximum atomic E-state index is 13.2. The predicted molar refractivity (Wildman–Crippen MR) is 63.8 cm³/mol. The molecule has 0 atom stereocenters. The van der Waals surface area contributed by atoms with Gasteiger partial charge in [0, 0.05) is 5.88 Å². The summed E-state index contributed by atoms with van der Waals surface area (Å²) >= 11 is 5.44. The number of para-hydroxylation sites is 1. The molecule has 0 heterocycles. The predicted octanol–water partition coefficient (Wildman–Crippen LogP) is 2.59. The molecule has 1 aromatic carbocycles. The lowest BCUT2D eigenvalue weighted by Crippen LogP contribution is -2.17. The molecule has 0 aliphatic rings. The van der Waals surface area contributed by atoms with E-state index in [4.69, 9.17) is 11.6 Å². The molecule has 1 N–H and O–H groups in total. The Balaban J connectivity index is 2.63. The first-order valence-electron chi connectivity index (χ1n) is 4.86. The third-order valence-corrected chi connectivity index (χ3v) is 3.56. The lowest BCUT2D eigenvalue weighted by atomic mass is 10.3. The van der Waals surface area contributed by atoms with Gasteiger partial charge in [-0.1, -0.05) is 12.1 Å². The molecule has 0 radical (unpaired) electrons. The van der Waals surface area contributed by atoms with Gasteiger partial charge in [0.1, 0.15) is 5.82 Å². The van der Waals surface area contributed by atoms with E-state index in [-0.39, 0.29) is 11.4 Å². The number of nitrogens with one attached hydrogen (secondary N) is 1. The van der Waals surface area contributed by atoms with Crippen molar-refractivity contribution in [3.63, 3.8) is 0 Å². The third-order valence-electron chi connectivity index (χ3n) is 1.94. The summed E-state index contributed by atoms with van der Waals surface area (Å²) in [6.45, 7) is 0. The molecule has 0 unspecified atom stereocenters. The first-order chi connectivity index (χ1) is 7.55. The molecule has 0 fully saturated rings. The molecule has 0 amide bonds. The van der Waals surface area contributed by atoms with Crippen molar-refractivity contribution in [3.05, 3.63) is 30.1 Å². The summed E-state index contributed by atoms with van der Waals surface area (Å²) in [5.41, 5.74) is -0.0200. The number of hydrogen-bond acceptors (Lipinski definition) is 2. The molecule has 6 heteroatoms. The Morgan fingerprint density at radius 3 is 2.56 bits per heavy atom. The molecular formula is C10H13ClFNO2S. The van der Waals surface area contributed by atoms with Crippen LogP contribution in [0.3, 0.4) is 0 Å². The Kier molecular flexibility index (Phi) is 5.02. The van der Waals surface area contributed by atoms with Crippen LogP contribution in [0.15, 0.2) is 24.3 Å². The van der Waals surface area contributed by atoms with Crippen molar-refractivity contribution >= 4 is 27.3 Å². The maximum absolute atomic E-state index is 13.2. The standard InChI is InChI=1S/C10H13ClFNO2S/c11-7-3-4-8-16(14,15)13-10-6-2-1-5-9(10)12/h1-2,5-6,13H,3-4,7-8H2. The molecular weight excluding hydrogens is 253 g/mol. The second-order valence-corrected chi connectivity index (χ2v) is 5.52. The van der Waals surface area contributed by atoms with Gasteiger partial charge in [-0.25, -0.2) is 12.8 Å². The first kappa shape index (κ1) is 13.3. The highest BCUT2D eigenvalue weighted by atomic mass is 35.5. The molecule has 16 heavy (non-hydrogen) atoms. The van der Waals surface area contributed by atoms with Crippen molar-refractivity contribution in [2.75, 3.05) is 16.4 Å². The maximum Gasteiger partial charge on any atom is 0.232 e. The average molecular weight is 266 g/mol. The Morgan fingerprint density at radius 1 is 1.25 bits per heavy atom. The molecule has 1 aromatic rings. The van der Waals surface area contributed by atoms with E-state index in [1.54, 1.807) is 6.07 Å². The number of unbranched alkanes of at least 4 members (excludes halogenated alkanes) is 1. The van der Waals surface area contributed by atoms with Gasteiger partial charge in [-0.2, -0.15) is 0 Å². The fourth-order valence-electron chi connectivity index (χ4n) is 1.15. The minimum absolute atomic E-state index is 0.0200. The molecule has 90 valence electrons. The summed E-state index contributed by atoms with van der Waals surface area (Å²) in [4.78, 5) is 0. The van der Waals surface area contributed by atoms with Crippen molar-refractivity contribution in [3.8, 4) is 0 Å². The molecule has 1 rings (SSSR count). The molecule has 0 aromatic heterocycles. The van der Waals surface area contributed by atoms with E-state index in [1.165, 1.54) is 18.2 Å². The lowest BCUT2D eigenvalue weighted by molar-refractivity contribution is 0.595. The molecule has 0 spiro atoms. The van der Waals surface area contributed by atoms with Crippen molar-refractivity contribution < 1.29 is 12.8 Å². The van der Waals surface area contributed by atoms with Gasteiger partial charge < -0.3 is 0 Å². The molecule has 0 bridgehead atoms. The van der Waals surface area contributed by atoms with Crippen LogP contribution in [0.5, 0.6) is 0 Å². The topological polar surface area (TPSA) is 46.2 Å². The Bertz CT molecular complexity index is 436. The SMILES string of the molecule is O=S(=O)(CCCCCl)Nc1ccccc1F. The molecule has 0 saturated heterocycles. The summed E-state index contributed by atoms with van der Waals surface area (Å²) in [5.74, 6) is -0.202. The van der Waals surface area contributed by atoms with Gasteiger partial charge in [0.2, 0.25) is 10.0 Å². The lowest BCUT2D eigenvalue weighted by Gasteiger charge is -2.07. The molecule has 0 saturated carbocycles. The Labute approximate surface area is 99.7 Å². The van der Waals surface area contributed by atoms with Crippen LogP contribution in [0.2, 0.25) is 0 Å². The molecule has 0 aliphatic carbocycles.